The van der Waals surface area contributed by atoms with E-state index < -0.39 is 0 Å². The molecular formula is C29H41N2-. The van der Waals surface area contributed by atoms with Gasteiger partial charge in [-0.05, 0) is 41.7 Å². The van der Waals surface area contributed by atoms with Crippen LogP contribution in [0.3, 0.4) is 0 Å². The number of hydrogen-bond acceptors (Lipinski definition) is 1. The van der Waals surface area contributed by atoms with Crippen molar-refractivity contribution >= 4 is 17.1 Å². The molecule has 0 N–H and O–H groups in total. The highest BCUT2D eigenvalue weighted by atomic mass is 14.9. The molecule has 0 fully saturated rings. The molecule has 2 aromatic carbocycles. The van der Waals surface area contributed by atoms with E-state index in [0.717, 1.165) is 22.8 Å². The van der Waals surface area contributed by atoms with Crippen molar-refractivity contribution in [2.75, 3.05) is 0 Å². The molecule has 0 aliphatic rings. The van der Waals surface area contributed by atoms with Gasteiger partial charge >= 0.3 is 0 Å². The van der Waals surface area contributed by atoms with Crippen molar-refractivity contribution in [1.29, 1.82) is 0 Å². The molecule has 2 heteroatoms. The molecule has 168 valence electrons. The van der Waals surface area contributed by atoms with Crippen molar-refractivity contribution in [3.8, 4) is 0 Å². The first-order valence-corrected chi connectivity index (χ1v) is 11.7. The van der Waals surface area contributed by atoms with Crippen LogP contribution in [0.15, 0.2) is 53.2 Å². The molecule has 0 spiro atoms. The highest BCUT2D eigenvalue weighted by molar-refractivity contribution is 5.96. The van der Waals surface area contributed by atoms with Gasteiger partial charge < -0.3 is 5.32 Å². The standard InChI is InChI=1S/C29H41N2/c1-18(2)24-13-11-14-25(19(3)4)28(24)30-22(9)17-23(10)31-29-26(20(5)6)15-12-16-27(29)21(7)8/h11-21H,1-10H3/q-1/b22-17-,31-23?. The summed E-state index contributed by atoms with van der Waals surface area (Å²) in [6, 6.07) is 13.1. The zero-order valence-electron chi connectivity index (χ0n) is 21.2. The minimum absolute atomic E-state index is 0.437. The number of rotatable bonds is 8. The first-order valence-electron chi connectivity index (χ1n) is 11.7. The number of hydrogen-bond donors (Lipinski definition) is 0. The molecule has 0 aliphatic carbocycles. The third-order valence-corrected chi connectivity index (χ3v) is 5.68. The zero-order valence-corrected chi connectivity index (χ0v) is 21.2. The molecule has 0 radical (unpaired) electrons. The van der Waals surface area contributed by atoms with Crippen LogP contribution in [0.4, 0.5) is 11.4 Å². The lowest BCUT2D eigenvalue weighted by molar-refractivity contribution is 0.834. The fourth-order valence-electron chi connectivity index (χ4n) is 4.00. The van der Waals surface area contributed by atoms with Crippen LogP contribution in [0, 0.1) is 0 Å². The monoisotopic (exact) mass is 417 g/mol. The van der Waals surface area contributed by atoms with Crippen molar-refractivity contribution in [1.82, 2.24) is 0 Å². The summed E-state index contributed by atoms with van der Waals surface area (Å²) >= 11 is 0. The van der Waals surface area contributed by atoms with Crippen molar-refractivity contribution in [3.63, 3.8) is 0 Å². The summed E-state index contributed by atoms with van der Waals surface area (Å²) in [5.74, 6) is 1.75. The third-order valence-electron chi connectivity index (χ3n) is 5.68. The molecule has 31 heavy (non-hydrogen) atoms. The molecule has 0 aromatic heterocycles. The second-order valence-corrected chi connectivity index (χ2v) is 9.84. The van der Waals surface area contributed by atoms with Crippen molar-refractivity contribution in [2.24, 2.45) is 4.99 Å². The summed E-state index contributed by atoms with van der Waals surface area (Å²) < 4.78 is 0. The van der Waals surface area contributed by atoms with Gasteiger partial charge in [0, 0.05) is 5.71 Å². The molecule has 0 saturated carbocycles. The molecule has 2 nitrogen and oxygen atoms in total. The average molecular weight is 418 g/mol. The Hall–Kier alpha value is -2.35. The lowest BCUT2D eigenvalue weighted by Crippen LogP contribution is -1.98. The van der Waals surface area contributed by atoms with Crippen molar-refractivity contribution in [3.05, 3.63) is 75.7 Å². The quantitative estimate of drug-likeness (QED) is 0.382. The zero-order chi connectivity index (χ0) is 23.3. The van der Waals surface area contributed by atoms with E-state index >= 15 is 0 Å². The molecule has 0 atom stereocenters. The minimum atomic E-state index is 0.437. The van der Waals surface area contributed by atoms with Gasteiger partial charge in [-0.3, -0.25) is 4.99 Å². The second kappa shape index (κ2) is 10.8. The average Bonchev–Trinajstić information content (AvgIpc) is 2.67. The Bertz CT molecular complexity index is 891. The van der Waals surface area contributed by atoms with Gasteiger partial charge in [0.25, 0.3) is 0 Å². The minimum Gasteiger partial charge on any atom is -0.661 e. The Labute approximate surface area is 190 Å². The molecule has 0 heterocycles. The highest BCUT2D eigenvalue weighted by Gasteiger charge is 2.13. The van der Waals surface area contributed by atoms with Crippen LogP contribution in [0.25, 0.3) is 5.32 Å². The van der Waals surface area contributed by atoms with E-state index in [-0.39, 0.29) is 0 Å². The van der Waals surface area contributed by atoms with Gasteiger partial charge in [0.15, 0.2) is 0 Å². The van der Waals surface area contributed by atoms with Gasteiger partial charge in [-0.15, -0.1) is 5.69 Å². The van der Waals surface area contributed by atoms with E-state index in [4.69, 9.17) is 10.3 Å². The Morgan fingerprint density at radius 1 is 0.677 bits per heavy atom. The molecule has 0 amide bonds. The Kier molecular flexibility index (Phi) is 8.68. The van der Waals surface area contributed by atoms with Gasteiger partial charge in [-0.1, -0.05) is 116 Å². The fraction of sp³-hybridized carbons (Fsp3) is 0.483. The number of aliphatic imine (C=N–C) groups is 1. The molecule has 0 unspecified atom stereocenters. The van der Waals surface area contributed by atoms with Crippen LogP contribution in [0.2, 0.25) is 0 Å². The predicted octanol–water partition coefficient (Wildman–Crippen LogP) is 9.88. The second-order valence-electron chi connectivity index (χ2n) is 9.84. The van der Waals surface area contributed by atoms with Crippen LogP contribution >= 0.6 is 0 Å². The SMILES string of the molecule is CC(/C=C(/C)[N-]c1c(C(C)C)cccc1C(C)C)=Nc1c(C(C)C)cccc1C(C)C. The predicted molar refractivity (Wildman–Crippen MR) is 139 cm³/mol. The van der Waals surface area contributed by atoms with Crippen LogP contribution in [0.1, 0.15) is 115 Å². The summed E-state index contributed by atoms with van der Waals surface area (Å²) in [6.07, 6.45) is 2.11. The van der Waals surface area contributed by atoms with E-state index in [1.54, 1.807) is 0 Å². The first-order chi connectivity index (χ1) is 14.5. The maximum Gasteiger partial charge on any atom is 0.0701 e. The van der Waals surface area contributed by atoms with E-state index in [1.165, 1.54) is 22.3 Å². The number of para-hydroxylation sites is 2. The normalized spacial score (nSPS) is 13.1. The Balaban J connectivity index is 2.46. The van der Waals surface area contributed by atoms with Crippen LogP contribution in [0.5, 0.6) is 0 Å². The first kappa shape index (κ1) is 24.9. The molecule has 2 rings (SSSR count). The number of nitrogens with zero attached hydrogens (tertiary/aromatic N) is 2. The van der Waals surface area contributed by atoms with Crippen molar-refractivity contribution in [2.45, 2.75) is 92.9 Å². The molecule has 0 saturated heterocycles. The molecule has 2 aromatic rings. The van der Waals surface area contributed by atoms with Crippen LogP contribution < -0.4 is 0 Å². The topological polar surface area (TPSA) is 26.5 Å². The molecular weight excluding hydrogens is 376 g/mol. The molecule has 0 bridgehead atoms. The van der Waals surface area contributed by atoms with Gasteiger partial charge in [0.1, 0.15) is 0 Å². The van der Waals surface area contributed by atoms with E-state index in [9.17, 15) is 0 Å². The summed E-state index contributed by atoms with van der Waals surface area (Å²) in [4.78, 5) is 5.08. The summed E-state index contributed by atoms with van der Waals surface area (Å²) in [6.45, 7) is 22.1. The maximum absolute atomic E-state index is 5.08. The lowest BCUT2D eigenvalue weighted by atomic mass is 9.92. The fourth-order valence-corrected chi connectivity index (χ4v) is 4.00. The lowest BCUT2D eigenvalue weighted by Gasteiger charge is -2.32. The van der Waals surface area contributed by atoms with E-state index in [1.807, 2.05) is 0 Å². The van der Waals surface area contributed by atoms with Crippen molar-refractivity contribution < 1.29 is 0 Å². The third kappa shape index (κ3) is 6.32. The smallest absolute Gasteiger partial charge is 0.0701 e. The van der Waals surface area contributed by atoms with Crippen LogP contribution in [-0.2, 0) is 0 Å². The summed E-state index contributed by atoms with van der Waals surface area (Å²) in [7, 11) is 0. The van der Waals surface area contributed by atoms with Gasteiger partial charge in [-0.25, -0.2) is 0 Å². The Morgan fingerprint density at radius 2 is 1.06 bits per heavy atom. The van der Waals surface area contributed by atoms with Crippen LogP contribution in [-0.4, -0.2) is 5.71 Å². The van der Waals surface area contributed by atoms with Gasteiger partial charge in [0.05, 0.1) is 5.69 Å². The number of benzene rings is 2. The van der Waals surface area contributed by atoms with Gasteiger partial charge in [0.2, 0.25) is 0 Å². The number of allylic oxidation sites excluding steroid dienone is 2. The largest absolute Gasteiger partial charge is 0.661 e. The van der Waals surface area contributed by atoms with E-state index in [0.29, 0.717) is 23.7 Å². The molecule has 0 aliphatic heterocycles. The summed E-state index contributed by atoms with van der Waals surface area (Å²) in [5.41, 5.74) is 9.45. The maximum atomic E-state index is 5.08. The van der Waals surface area contributed by atoms with E-state index in [2.05, 4.69) is 112 Å². The Morgan fingerprint density at radius 3 is 1.45 bits per heavy atom. The highest BCUT2D eigenvalue weighted by Crippen LogP contribution is 2.40. The summed E-state index contributed by atoms with van der Waals surface area (Å²) in [5, 5.41) is 5.08. The van der Waals surface area contributed by atoms with Gasteiger partial charge in [-0.2, -0.15) is 5.70 Å².